The van der Waals surface area contributed by atoms with E-state index in [1.165, 1.54) is 18.2 Å². The van der Waals surface area contributed by atoms with Gasteiger partial charge in [-0.2, -0.15) is 0 Å². The molecule has 88 valence electrons. The lowest BCUT2D eigenvalue weighted by Gasteiger charge is -2.08. The summed E-state index contributed by atoms with van der Waals surface area (Å²) in [5.41, 5.74) is 1.18. The van der Waals surface area contributed by atoms with Crippen LogP contribution in [0.1, 0.15) is 12.5 Å². The molecule has 1 heterocycles. The summed E-state index contributed by atoms with van der Waals surface area (Å²) in [7, 11) is 0. The molecule has 1 aromatic heterocycles. The molecule has 0 fully saturated rings. The third kappa shape index (κ3) is 2.30. The van der Waals surface area contributed by atoms with E-state index in [-0.39, 0.29) is 11.5 Å². The Balaban J connectivity index is 2.60. The number of nitrogens with zero attached hydrogens (tertiary/aromatic N) is 1. The zero-order chi connectivity index (χ0) is 12.4. The summed E-state index contributed by atoms with van der Waals surface area (Å²) in [6, 6.07) is 4.79. The molecule has 0 spiro atoms. The molecule has 0 unspecified atom stereocenters. The van der Waals surface area contributed by atoms with Crippen LogP contribution in [0.3, 0.4) is 0 Å². The van der Waals surface area contributed by atoms with Gasteiger partial charge in [-0.15, -0.1) is 0 Å². The van der Waals surface area contributed by atoms with Crippen molar-refractivity contribution in [2.45, 2.75) is 13.3 Å². The van der Waals surface area contributed by atoms with E-state index in [9.17, 15) is 13.2 Å². The Kier molecular flexibility index (Phi) is 3.13. The van der Waals surface area contributed by atoms with Gasteiger partial charge in [-0.05, 0) is 30.2 Å². The fourth-order valence-corrected chi connectivity index (χ4v) is 1.70. The van der Waals surface area contributed by atoms with Crippen molar-refractivity contribution in [1.82, 2.24) is 4.98 Å². The molecule has 1 nitrogen and oxygen atoms in total. The largest absolute Gasteiger partial charge is 0.250 e. The first-order chi connectivity index (χ1) is 8.11. The van der Waals surface area contributed by atoms with Crippen LogP contribution >= 0.6 is 0 Å². The maximum atomic E-state index is 13.6. The van der Waals surface area contributed by atoms with Crippen LogP contribution in [-0.2, 0) is 6.42 Å². The van der Waals surface area contributed by atoms with Gasteiger partial charge in [0.1, 0.15) is 17.3 Å². The summed E-state index contributed by atoms with van der Waals surface area (Å²) in [6.45, 7) is 1.83. The highest BCUT2D eigenvalue weighted by molar-refractivity contribution is 5.64. The number of rotatable bonds is 2. The van der Waals surface area contributed by atoms with E-state index in [1.807, 2.05) is 6.92 Å². The summed E-state index contributed by atoms with van der Waals surface area (Å²) in [6.07, 6.45) is 1.49. The highest BCUT2D eigenvalue weighted by Crippen LogP contribution is 2.25. The number of aromatic nitrogens is 1. The van der Waals surface area contributed by atoms with Crippen LogP contribution in [0, 0.1) is 17.5 Å². The van der Waals surface area contributed by atoms with Crippen molar-refractivity contribution in [3.63, 3.8) is 0 Å². The van der Waals surface area contributed by atoms with Crippen molar-refractivity contribution in [3.05, 3.63) is 53.5 Å². The standard InChI is InChI=1S/C13H10F3N/c1-2-8-5-9(14)3-4-11(8)13-12(16)6-10(15)7-17-13/h3-7H,2H2,1H3. The molecule has 0 radical (unpaired) electrons. The van der Waals surface area contributed by atoms with E-state index < -0.39 is 11.6 Å². The Labute approximate surface area is 96.9 Å². The molecule has 0 aliphatic carbocycles. The summed E-state index contributed by atoms with van der Waals surface area (Å²) >= 11 is 0. The van der Waals surface area contributed by atoms with Crippen LogP contribution in [0.5, 0.6) is 0 Å². The minimum Gasteiger partial charge on any atom is -0.250 e. The number of hydrogen-bond acceptors (Lipinski definition) is 1. The first-order valence-corrected chi connectivity index (χ1v) is 5.21. The van der Waals surface area contributed by atoms with Crippen LogP contribution < -0.4 is 0 Å². The lowest BCUT2D eigenvalue weighted by atomic mass is 10.0. The van der Waals surface area contributed by atoms with E-state index in [2.05, 4.69) is 4.98 Å². The number of pyridine rings is 1. The van der Waals surface area contributed by atoms with Gasteiger partial charge in [-0.3, -0.25) is 4.98 Å². The van der Waals surface area contributed by atoms with E-state index in [0.717, 1.165) is 12.3 Å². The van der Waals surface area contributed by atoms with E-state index >= 15 is 0 Å². The highest BCUT2D eigenvalue weighted by Gasteiger charge is 2.12. The van der Waals surface area contributed by atoms with Gasteiger partial charge in [-0.25, -0.2) is 13.2 Å². The summed E-state index contributed by atoms with van der Waals surface area (Å²) in [5, 5.41) is 0. The first-order valence-electron chi connectivity index (χ1n) is 5.21. The van der Waals surface area contributed by atoms with E-state index in [1.54, 1.807) is 0 Å². The predicted molar refractivity (Wildman–Crippen MR) is 58.9 cm³/mol. The molecule has 0 saturated carbocycles. The van der Waals surface area contributed by atoms with Crippen molar-refractivity contribution in [3.8, 4) is 11.3 Å². The quantitative estimate of drug-likeness (QED) is 0.775. The van der Waals surface area contributed by atoms with Crippen LogP contribution in [0.15, 0.2) is 30.5 Å². The Morgan fingerprint density at radius 2 is 1.82 bits per heavy atom. The molecule has 0 amide bonds. The van der Waals surface area contributed by atoms with Gasteiger partial charge in [0.15, 0.2) is 5.82 Å². The molecule has 0 N–H and O–H groups in total. The maximum absolute atomic E-state index is 13.6. The van der Waals surface area contributed by atoms with Gasteiger partial charge in [0.2, 0.25) is 0 Å². The van der Waals surface area contributed by atoms with Crippen molar-refractivity contribution < 1.29 is 13.2 Å². The third-order valence-electron chi connectivity index (χ3n) is 2.51. The van der Waals surface area contributed by atoms with E-state index in [4.69, 9.17) is 0 Å². The molecular weight excluding hydrogens is 227 g/mol. The second kappa shape index (κ2) is 4.57. The third-order valence-corrected chi connectivity index (χ3v) is 2.51. The van der Waals surface area contributed by atoms with Gasteiger partial charge < -0.3 is 0 Å². The molecule has 0 bridgehead atoms. The molecule has 4 heteroatoms. The highest BCUT2D eigenvalue weighted by atomic mass is 19.1. The fourth-order valence-electron chi connectivity index (χ4n) is 1.70. The van der Waals surface area contributed by atoms with Gasteiger partial charge in [-0.1, -0.05) is 6.92 Å². The number of halogens is 3. The van der Waals surface area contributed by atoms with Crippen molar-refractivity contribution in [1.29, 1.82) is 0 Å². The predicted octanol–water partition coefficient (Wildman–Crippen LogP) is 3.73. The molecular formula is C13H10F3N. The van der Waals surface area contributed by atoms with Gasteiger partial charge in [0, 0.05) is 11.6 Å². The Bertz CT molecular complexity index is 552. The number of hydrogen-bond donors (Lipinski definition) is 0. The Morgan fingerprint density at radius 1 is 1.06 bits per heavy atom. The Morgan fingerprint density at radius 3 is 2.47 bits per heavy atom. The average molecular weight is 237 g/mol. The van der Waals surface area contributed by atoms with Crippen LogP contribution in [0.4, 0.5) is 13.2 Å². The maximum Gasteiger partial charge on any atom is 0.152 e. The minimum absolute atomic E-state index is 0.0447. The number of benzene rings is 1. The normalized spacial score (nSPS) is 10.6. The molecule has 2 aromatic rings. The van der Waals surface area contributed by atoms with Gasteiger partial charge >= 0.3 is 0 Å². The van der Waals surface area contributed by atoms with Crippen LogP contribution in [-0.4, -0.2) is 4.98 Å². The van der Waals surface area contributed by atoms with E-state index in [0.29, 0.717) is 17.5 Å². The Hall–Kier alpha value is -1.84. The second-order valence-electron chi connectivity index (χ2n) is 3.64. The van der Waals surface area contributed by atoms with Gasteiger partial charge in [0.25, 0.3) is 0 Å². The van der Waals surface area contributed by atoms with Crippen molar-refractivity contribution in [2.75, 3.05) is 0 Å². The molecule has 0 aliphatic heterocycles. The molecule has 1 aromatic carbocycles. The summed E-state index contributed by atoms with van der Waals surface area (Å²) in [4.78, 5) is 3.71. The lowest BCUT2D eigenvalue weighted by Crippen LogP contribution is -1.96. The zero-order valence-corrected chi connectivity index (χ0v) is 9.17. The fraction of sp³-hybridized carbons (Fsp3) is 0.154. The molecule has 0 atom stereocenters. The molecule has 0 saturated heterocycles. The number of aryl methyl sites for hydroxylation is 1. The monoisotopic (exact) mass is 237 g/mol. The van der Waals surface area contributed by atoms with Crippen LogP contribution in [0.25, 0.3) is 11.3 Å². The second-order valence-corrected chi connectivity index (χ2v) is 3.64. The minimum atomic E-state index is -0.744. The van der Waals surface area contributed by atoms with Crippen molar-refractivity contribution >= 4 is 0 Å². The van der Waals surface area contributed by atoms with Crippen molar-refractivity contribution in [2.24, 2.45) is 0 Å². The zero-order valence-electron chi connectivity index (χ0n) is 9.17. The molecule has 17 heavy (non-hydrogen) atoms. The SMILES string of the molecule is CCc1cc(F)ccc1-c1ncc(F)cc1F. The first kappa shape index (κ1) is 11.6. The molecule has 0 aliphatic rings. The molecule has 2 rings (SSSR count). The summed E-state index contributed by atoms with van der Waals surface area (Å²) in [5.74, 6) is -1.86. The average Bonchev–Trinajstić information content (AvgIpc) is 2.30. The topological polar surface area (TPSA) is 12.9 Å². The lowest BCUT2D eigenvalue weighted by molar-refractivity contribution is 0.576. The van der Waals surface area contributed by atoms with Crippen LogP contribution in [0.2, 0.25) is 0 Å². The summed E-state index contributed by atoms with van der Waals surface area (Å²) < 4.78 is 39.3. The van der Waals surface area contributed by atoms with Gasteiger partial charge in [0.05, 0.1) is 6.20 Å². The smallest absolute Gasteiger partial charge is 0.152 e.